The molecule has 3 aromatic rings. The van der Waals surface area contributed by atoms with Crippen LogP contribution in [0.4, 0.5) is 13.2 Å². The topological polar surface area (TPSA) is 68.5 Å². The van der Waals surface area contributed by atoms with Gasteiger partial charge in [-0.3, -0.25) is 0 Å². The summed E-state index contributed by atoms with van der Waals surface area (Å²) in [5.41, 5.74) is 2.45. The van der Waals surface area contributed by atoms with Crippen LogP contribution in [0.2, 0.25) is 0 Å². The third-order valence-electron chi connectivity index (χ3n) is 5.27. The predicted molar refractivity (Wildman–Crippen MR) is 105 cm³/mol. The molecule has 30 heavy (non-hydrogen) atoms. The third-order valence-corrected chi connectivity index (χ3v) is 5.84. The normalized spacial score (nSPS) is 14.4. The summed E-state index contributed by atoms with van der Waals surface area (Å²) in [6.07, 6.45) is 4.41. The zero-order valence-corrected chi connectivity index (χ0v) is 16.5. The van der Waals surface area contributed by atoms with E-state index in [0.29, 0.717) is 0 Å². The SMILES string of the molecule is O=S(=O)([O-])C(F)(F)F.c1ccc2c(c1)CCc1cc3c([o+]c1-2)-c1ccccc1CC3. The van der Waals surface area contributed by atoms with E-state index in [0.717, 1.165) is 37.2 Å². The van der Waals surface area contributed by atoms with Crippen LogP contribution in [0.1, 0.15) is 22.3 Å². The second-order valence-corrected chi connectivity index (χ2v) is 8.54. The van der Waals surface area contributed by atoms with Gasteiger partial charge in [-0.1, -0.05) is 36.4 Å². The summed E-state index contributed by atoms with van der Waals surface area (Å²) < 4.78 is 65.4. The largest absolute Gasteiger partial charge is 0.741 e. The minimum Gasteiger partial charge on any atom is -0.741 e. The van der Waals surface area contributed by atoms with Crippen LogP contribution < -0.4 is 0 Å². The zero-order chi connectivity index (χ0) is 21.5. The Hall–Kier alpha value is -2.71. The third kappa shape index (κ3) is 3.85. The van der Waals surface area contributed by atoms with Gasteiger partial charge in [-0.15, -0.1) is 0 Å². The first kappa shape index (κ1) is 20.6. The van der Waals surface area contributed by atoms with E-state index in [1.54, 1.807) is 0 Å². The first-order valence-electron chi connectivity index (χ1n) is 9.33. The minimum atomic E-state index is -6.09. The van der Waals surface area contributed by atoms with E-state index in [1.807, 2.05) is 0 Å². The van der Waals surface area contributed by atoms with Crippen molar-refractivity contribution in [1.82, 2.24) is 0 Å². The fraction of sp³-hybridized carbons (Fsp3) is 0.227. The summed E-state index contributed by atoms with van der Waals surface area (Å²) in [7, 11) is -6.09. The van der Waals surface area contributed by atoms with Gasteiger partial charge in [0, 0.05) is 0 Å². The van der Waals surface area contributed by atoms with Crippen molar-refractivity contribution in [3.8, 4) is 22.6 Å². The summed E-state index contributed by atoms with van der Waals surface area (Å²) >= 11 is 0. The van der Waals surface area contributed by atoms with Gasteiger partial charge >= 0.3 is 17.0 Å². The molecule has 0 N–H and O–H groups in total. The molecule has 5 rings (SSSR count). The highest BCUT2D eigenvalue weighted by atomic mass is 32.2. The van der Waals surface area contributed by atoms with E-state index in [-0.39, 0.29) is 0 Å². The van der Waals surface area contributed by atoms with Gasteiger partial charge < -0.3 is 4.55 Å². The van der Waals surface area contributed by atoms with Gasteiger partial charge in [0.2, 0.25) is 0 Å². The Balaban J connectivity index is 0.000000235. The summed E-state index contributed by atoms with van der Waals surface area (Å²) in [6.45, 7) is 0. The Morgan fingerprint density at radius 1 is 0.733 bits per heavy atom. The second kappa shape index (κ2) is 7.52. The molecule has 2 aromatic carbocycles. The molecule has 0 amide bonds. The molecular weight excluding hydrogens is 417 g/mol. The number of hydrogen-bond donors (Lipinski definition) is 0. The van der Waals surface area contributed by atoms with Crippen LogP contribution in [0, 0.1) is 0 Å². The first-order chi connectivity index (χ1) is 14.1. The molecule has 0 fully saturated rings. The van der Waals surface area contributed by atoms with Crippen molar-refractivity contribution < 1.29 is 30.6 Å². The summed E-state index contributed by atoms with van der Waals surface area (Å²) in [5, 5.41) is 0. The summed E-state index contributed by atoms with van der Waals surface area (Å²) in [5.74, 6) is 2.16. The Labute approximate surface area is 171 Å². The van der Waals surface area contributed by atoms with Gasteiger partial charge in [0.25, 0.3) is 0 Å². The molecule has 0 saturated carbocycles. The maximum Gasteiger partial charge on any atom is 0.485 e. The molecular formula is C22H17F3O4S. The number of fused-ring (bicyclic) bond motifs is 6. The molecule has 0 saturated heterocycles. The molecule has 0 aliphatic heterocycles. The maximum atomic E-state index is 10.7. The number of benzene rings is 2. The Morgan fingerprint density at radius 2 is 1.10 bits per heavy atom. The number of alkyl halides is 3. The first-order valence-corrected chi connectivity index (χ1v) is 10.7. The molecule has 1 aromatic heterocycles. The maximum absolute atomic E-state index is 10.7. The molecule has 0 atom stereocenters. The Morgan fingerprint density at radius 3 is 1.50 bits per heavy atom. The molecule has 0 bridgehead atoms. The van der Waals surface area contributed by atoms with Crippen molar-refractivity contribution in [3.63, 3.8) is 0 Å². The van der Waals surface area contributed by atoms with Gasteiger partial charge in [-0.05, 0) is 55.0 Å². The monoisotopic (exact) mass is 434 g/mol. The van der Waals surface area contributed by atoms with E-state index in [2.05, 4.69) is 54.6 Å². The average molecular weight is 434 g/mol. The molecule has 0 spiro atoms. The van der Waals surface area contributed by atoms with Gasteiger partial charge in [-0.25, -0.2) is 12.8 Å². The van der Waals surface area contributed by atoms with Gasteiger partial charge in [-0.2, -0.15) is 13.2 Å². The molecule has 1 heterocycles. The van der Waals surface area contributed by atoms with Crippen molar-refractivity contribution in [3.05, 3.63) is 76.9 Å². The Bertz CT molecular complexity index is 1150. The number of halogens is 3. The van der Waals surface area contributed by atoms with Gasteiger partial charge in [0.05, 0.1) is 22.3 Å². The smallest absolute Gasteiger partial charge is 0.485 e. The van der Waals surface area contributed by atoms with E-state index >= 15 is 0 Å². The molecule has 4 nitrogen and oxygen atoms in total. The molecule has 0 unspecified atom stereocenters. The lowest BCUT2D eigenvalue weighted by atomic mass is 9.85. The quantitative estimate of drug-likeness (QED) is 0.279. The van der Waals surface area contributed by atoms with Crippen LogP contribution in [-0.2, 0) is 35.8 Å². The standard InChI is InChI=1S/C21H17O.CHF3O3S/c1-3-7-18-14(5-1)9-11-16-13-17-12-10-15-6-2-4-8-19(15)21(17)22-20(16)18;2-1(3,4)8(5,6)7/h1-8,13H,9-12H2;(H,5,6,7)/q+1;/p-1. The van der Waals surface area contributed by atoms with Crippen molar-refractivity contribution in [2.45, 2.75) is 31.2 Å². The summed E-state index contributed by atoms with van der Waals surface area (Å²) in [4.78, 5) is 0. The zero-order valence-electron chi connectivity index (χ0n) is 15.7. The highest BCUT2D eigenvalue weighted by Gasteiger charge is 2.37. The van der Waals surface area contributed by atoms with Crippen LogP contribution in [0.3, 0.4) is 0 Å². The van der Waals surface area contributed by atoms with Gasteiger partial charge in [0.1, 0.15) is 0 Å². The van der Waals surface area contributed by atoms with Crippen molar-refractivity contribution in [2.24, 2.45) is 0 Å². The molecule has 156 valence electrons. The number of aryl methyl sites for hydroxylation is 4. The fourth-order valence-corrected chi connectivity index (χ4v) is 3.86. The fourth-order valence-electron chi connectivity index (χ4n) is 3.86. The second-order valence-electron chi connectivity index (χ2n) is 7.17. The lowest BCUT2D eigenvalue weighted by Gasteiger charge is -2.17. The summed E-state index contributed by atoms with van der Waals surface area (Å²) in [6, 6.07) is 19.7. The molecule has 0 radical (unpaired) electrons. The van der Waals surface area contributed by atoms with Crippen LogP contribution >= 0.6 is 0 Å². The van der Waals surface area contributed by atoms with Crippen molar-refractivity contribution in [1.29, 1.82) is 0 Å². The van der Waals surface area contributed by atoms with Crippen LogP contribution in [0.5, 0.6) is 0 Å². The van der Waals surface area contributed by atoms with Crippen LogP contribution in [-0.4, -0.2) is 18.5 Å². The molecule has 8 heteroatoms. The number of rotatable bonds is 0. The Kier molecular flexibility index (Phi) is 5.15. The van der Waals surface area contributed by atoms with Crippen LogP contribution in [0.15, 0.2) is 59.0 Å². The minimum absolute atomic E-state index is 1.08. The van der Waals surface area contributed by atoms with E-state index in [9.17, 15) is 13.2 Å². The predicted octanol–water partition coefficient (Wildman–Crippen LogP) is 5.14. The van der Waals surface area contributed by atoms with E-state index in [1.165, 1.54) is 33.4 Å². The van der Waals surface area contributed by atoms with E-state index in [4.69, 9.17) is 17.4 Å². The van der Waals surface area contributed by atoms with E-state index < -0.39 is 15.6 Å². The number of hydrogen-bond acceptors (Lipinski definition) is 3. The highest BCUT2D eigenvalue weighted by Crippen LogP contribution is 2.41. The highest BCUT2D eigenvalue weighted by molar-refractivity contribution is 7.86. The molecule has 2 aliphatic rings. The lowest BCUT2D eigenvalue weighted by molar-refractivity contribution is -0.0517. The lowest BCUT2D eigenvalue weighted by Crippen LogP contribution is -2.21. The average Bonchev–Trinajstić information content (AvgIpc) is 2.71. The van der Waals surface area contributed by atoms with Crippen LogP contribution in [0.25, 0.3) is 22.6 Å². The van der Waals surface area contributed by atoms with Crippen molar-refractivity contribution >= 4 is 10.1 Å². The van der Waals surface area contributed by atoms with Crippen molar-refractivity contribution in [2.75, 3.05) is 0 Å². The van der Waals surface area contributed by atoms with Gasteiger partial charge in [0.15, 0.2) is 10.1 Å². The molecule has 2 aliphatic carbocycles.